The van der Waals surface area contributed by atoms with Crippen LogP contribution in [-0.4, -0.2) is 9.55 Å². The minimum absolute atomic E-state index is 0.177. The number of nitrogens with zero attached hydrogens (tertiary/aromatic N) is 2. The lowest BCUT2D eigenvalue weighted by Crippen LogP contribution is -2.22. The zero-order valence-electron chi connectivity index (χ0n) is 15.1. The van der Waals surface area contributed by atoms with Gasteiger partial charge in [-0.3, -0.25) is 9.36 Å². The molecule has 0 aliphatic heterocycles. The Bertz CT molecular complexity index is 1260. The molecule has 1 heterocycles. The molecule has 3 nitrogen and oxygen atoms in total. The van der Waals surface area contributed by atoms with Crippen LogP contribution in [0.1, 0.15) is 17.0 Å². The Balaban J connectivity index is 1.94. The zero-order valence-corrected chi connectivity index (χ0v) is 15.8. The lowest BCUT2D eigenvalue weighted by atomic mass is 10.2. The molecule has 3 aromatic carbocycles. The summed E-state index contributed by atoms with van der Waals surface area (Å²) in [6, 6.07) is 18.8. The number of para-hydroxylation sites is 1. The first-order valence-electron chi connectivity index (χ1n) is 8.75. The monoisotopic (exact) mass is 390 g/mol. The Morgan fingerprint density at radius 2 is 1.75 bits per heavy atom. The second-order valence-corrected chi connectivity index (χ2v) is 6.85. The Labute approximate surface area is 166 Å². The maximum Gasteiger partial charge on any atom is 0.266 e. The fraction of sp³-hybridized carbons (Fsp3) is 0.0435. The lowest BCUT2D eigenvalue weighted by Gasteiger charge is -2.12. The van der Waals surface area contributed by atoms with E-state index in [4.69, 9.17) is 11.6 Å². The van der Waals surface area contributed by atoms with E-state index in [9.17, 15) is 9.18 Å². The van der Waals surface area contributed by atoms with Crippen molar-refractivity contribution in [2.24, 2.45) is 0 Å². The second-order valence-electron chi connectivity index (χ2n) is 6.45. The Morgan fingerprint density at radius 3 is 2.50 bits per heavy atom. The summed E-state index contributed by atoms with van der Waals surface area (Å²) in [6.07, 6.45) is 3.54. The number of rotatable bonds is 3. The zero-order chi connectivity index (χ0) is 19.7. The van der Waals surface area contributed by atoms with Crippen molar-refractivity contribution in [3.8, 4) is 5.69 Å². The maximum absolute atomic E-state index is 13.2. The summed E-state index contributed by atoms with van der Waals surface area (Å²) in [5.41, 5.74) is 2.80. The smallest absolute Gasteiger partial charge is 0.266 e. The van der Waals surface area contributed by atoms with Crippen molar-refractivity contribution < 1.29 is 4.39 Å². The molecule has 0 radical (unpaired) electrons. The highest BCUT2D eigenvalue weighted by Crippen LogP contribution is 2.21. The van der Waals surface area contributed by atoms with Crippen LogP contribution in [0.2, 0.25) is 5.02 Å². The molecular weight excluding hydrogens is 375 g/mol. The average Bonchev–Trinajstić information content (AvgIpc) is 2.70. The van der Waals surface area contributed by atoms with Crippen molar-refractivity contribution >= 4 is 34.7 Å². The molecule has 0 bridgehead atoms. The van der Waals surface area contributed by atoms with E-state index in [1.165, 1.54) is 16.7 Å². The molecule has 1 aromatic heterocycles. The van der Waals surface area contributed by atoms with Gasteiger partial charge in [-0.05, 0) is 60.5 Å². The van der Waals surface area contributed by atoms with E-state index in [1.54, 1.807) is 42.5 Å². The number of hydrogen-bond acceptors (Lipinski definition) is 2. The average molecular weight is 391 g/mol. The predicted molar refractivity (Wildman–Crippen MR) is 112 cm³/mol. The maximum atomic E-state index is 13.2. The Morgan fingerprint density at radius 1 is 1.00 bits per heavy atom. The first-order valence-corrected chi connectivity index (χ1v) is 9.13. The molecule has 138 valence electrons. The molecular formula is C23H16ClFN2O. The Hall–Kier alpha value is -3.24. The highest BCUT2D eigenvalue weighted by molar-refractivity contribution is 6.31. The molecule has 0 amide bonds. The third-order valence-corrected chi connectivity index (χ3v) is 4.92. The quantitative estimate of drug-likeness (QED) is 0.452. The molecule has 0 N–H and O–H groups in total. The van der Waals surface area contributed by atoms with Gasteiger partial charge in [-0.25, -0.2) is 9.37 Å². The summed E-state index contributed by atoms with van der Waals surface area (Å²) in [6.45, 7) is 1.91. The van der Waals surface area contributed by atoms with Gasteiger partial charge in [0.05, 0.1) is 16.6 Å². The second kappa shape index (κ2) is 7.41. The van der Waals surface area contributed by atoms with E-state index in [2.05, 4.69) is 4.98 Å². The van der Waals surface area contributed by atoms with Gasteiger partial charge in [0, 0.05) is 5.02 Å². The third kappa shape index (κ3) is 3.47. The van der Waals surface area contributed by atoms with Crippen LogP contribution in [0.15, 0.2) is 71.5 Å². The molecule has 28 heavy (non-hydrogen) atoms. The molecule has 5 heteroatoms. The molecule has 0 spiro atoms. The summed E-state index contributed by atoms with van der Waals surface area (Å²) < 4.78 is 14.7. The van der Waals surface area contributed by atoms with E-state index in [0.29, 0.717) is 27.4 Å². The molecule has 0 aliphatic rings. The van der Waals surface area contributed by atoms with Gasteiger partial charge in [-0.1, -0.05) is 48.0 Å². The van der Waals surface area contributed by atoms with Gasteiger partial charge in [0.2, 0.25) is 0 Å². The SMILES string of the molecule is Cc1ccc(-n2c(C=Cc3ccc(F)cc3)nc3ccccc3c2=O)cc1Cl. The molecule has 0 saturated carbocycles. The van der Waals surface area contributed by atoms with Crippen LogP contribution in [0.4, 0.5) is 4.39 Å². The van der Waals surface area contributed by atoms with E-state index in [-0.39, 0.29) is 11.4 Å². The lowest BCUT2D eigenvalue weighted by molar-refractivity contribution is 0.628. The molecule has 0 fully saturated rings. The van der Waals surface area contributed by atoms with Gasteiger partial charge in [0.1, 0.15) is 11.6 Å². The van der Waals surface area contributed by atoms with Crippen LogP contribution in [0.5, 0.6) is 0 Å². The predicted octanol–water partition coefficient (Wildman–Crippen LogP) is 5.66. The van der Waals surface area contributed by atoms with Crippen LogP contribution >= 0.6 is 11.6 Å². The van der Waals surface area contributed by atoms with Crippen LogP contribution < -0.4 is 5.56 Å². The van der Waals surface area contributed by atoms with Crippen LogP contribution in [0.3, 0.4) is 0 Å². The van der Waals surface area contributed by atoms with Crippen molar-refractivity contribution in [2.75, 3.05) is 0 Å². The summed E-state index contributed by atoms with van der Waals surface area (Å²) in [5, 5.41) is 1.10. The van der Waals surface area contributed by atoms with Gasteiger partial charge < -0.3 is 0 Å². The van der Waals surface area contributed by atoms with Gasteiger partial charge in [-0.15, -0.1) is 0 Å². The number of fused-ring (bicyclic) bond motifs is 1. The van der Waals surface area contributed by atoms with Crippen LogP contribution in [0.25, 0.3) is 28.7 Å². The number of hydrogen-bond donors (Lipinski definition) is 0. The summed E-state index contributed by atoms with van der Waals surface area (Å²) >= 11 is 6.29. The summed E-state index contributed by atoms with van der Waals surface area (Å²) in [7, 11) is 0. The number of aryl methyl sites for hydroxylation is 1. The highest BCUT2D eigenvalue weighted by atomic mass is 35.5. The standard InChI is InChI=1S/C23H16ClFN2O/c1-15-6-12-18(14-20(15)24)27-22(13-9-16-7-10-17(25)11-8-16)26-21-5-3-2-4-19(21)23(27)28/h2-14H,1H3. The van der Waals surface area contributed by atoms with Gasteiger partial charge in [0.25, 0.3) is 5.56 Å². The summed E-state index contributed by atoms with van der Waals surface area (Å²) in [4.78, 5) is 17.9. The number of halogens is 2. The molecule has 0 atom stereocenters. The number of aromatic nitrogens is 2. The van der Waals surface area contributed by atoms with Crippen molar-refractivity contribution in [1.29, 1.82) is 0 Å². The first kappa shape index (κ1) is 18.1. The van der Waals surface area contributed by atoms with Gasteiger partial charge >= 0.3 is 0 Å². The Kier molecular flexibility index (Phi) is 4.80. The topological polar surface area (TPSA) is 34.9 Å². The van der Waals surface area contributed by atoms with E-state index in [1.807, 2.05) is 31.2 Å². The minimum Gasteiger partial charge on any atom is -0.268 e. The fourth-order valence-corrected chi connectivity index (χ4v) is 3.15. The fourth-order valence-electron chi connectivity index (χ4n) is 2.98. The molecule has 0 aliphatic carbocycles. The van der Waals surface area contributed by atoms with Crippen LogP contribution in [-0.2, 0) is 0 Å². The number of benzene rings is 3. The van der Waals surface area contributed by atoms with Crippen LogP contribution in [0, 0.1) is 12.7 Å². The first-order chi connectivity index (χ1) is 13.5. The van der Waals surface area contributed by atoms with E-state index >= 15 is 0 Å². The van der Waals surface area contributed by atoms with Crippen molar-refractivity contribution in [3.05, 3.63) is 105 Å². The summed E-state index contributed by atoms with van der Waals surface area (Å²) in [5.74, 6) is 0.167. The molecule has 0 unspecified atom stereocenters. The van der Waals surface area contributed by atoms with Gasteiger partial charge in [0.15, 0.2) is 0 Å². The highest BCUT2D eigenvalue weighted by Gasteiger charge is 2.12. The van der Waals surface area contributed by atoms with Crippen molar-refractivity contribution in [3.63, 3.8) is 0 Å². The van der Waals surface area contributed by atoms with Crippen molar-refractivity contribution in [2.45, 2.75) is 6.92 Å². The third-order valence-electron chi connectivity index (χ3n) is 4.51. The largest absolute Gasteiger partial charge is 0.268 e. The van der Waals surface area contributed by atoms with E-state index < -0.39 is 0 Å². The molecule has 0 saturated heterocycles. The normalized spacial score (nSPS) is 11.4. The molecule has 4 rings (SSSR count). The van der Waals surface area contributed by atoms with Crippen molar-refractivity contribution in [1.82, 2.24) is 9.55 Å². The van der Waals surface area contributed by atoms with E-state index in [0.717, 1.165) is 11.1 Å². The molecule has 4 aromatic rings. The minimum atomic E-state index is -0.299. The van der Waals surface area contributed by atoms with Gasteiger partial charge in [-0.2, -0.15) is 0 Å².